The minimum absolute atomic E-state index is 0.176. The molecule has 1 aromatic carbocycles. The Morgan fingerprint density at radius 1 is 1.21 bits per heavy atom. The second-order valence-electron chi connectivity index (χ2n) is 7.74. The van der Waals surface area contributed by atoms with E-state index in [0.29, 0.717) is 31.6 Å². The molecule has 3 aliphatic rings. The third kappa shape index (κ3) is 3.79. The number of hydrogen-bond donors (Lipinski definition) is 3. The molecular formula is C20H25FN4O3. The molecule has 4 rings (SSSR count). The summed E-state index contributed by atoms with van der Waals surface area (Å²) in [7, 11) is 0. The molecule has 0 spiro atoms. The highest BCUT2D eigenvalue weighted by atomic mass is 19.1. The zero-order valence-corrected chi connectivity index (χ0v) is 15.7. The van der Waals surface area contributed by atoms with Crippen LogP contribution in [0.4, 0.5) is 4.39 Å². The number of rotatable bonds is 4. The highest BCUT2D eigenvalue weighted by Gasteiger charge is 2.39. The molecule has 3 heterocycles. The van der Waals surface area contributed by atoms with Crippen molar-refractivity contribution in [3.05, 3.63) is 34.9 Å². The van der Waals surface area contributed by atoms with Crippen LogP contribution in [0.25, 0.3) is 0 Å². The van der Waals surface area contributed by atoms with Crippen LogP contribution in [0.15, 0.2) is 18.2 Å². The van der Waals surface area contributed by atoms with Crippen LogP contribution in [0.5, 0.6) is 0 Å². The van der Waals surface area contributed by atoms with E-state index in [9.17, 15) is 18.8 Å². The fraction of sp³-hybridized carbons (Fsp3) is 0.550. The highest BCUT2D eigenvalue weighted by molar-refractivity contribution is 6.05. The number of carbonyl (C=O) groups excluding carboxylic acids is 3. The van der Waals surface area contributed by atoms with Gasteiger partial charge in [-0.25, -0.2) is 4.39 Å². The number of benzene rings is 1. The van der Waals surface area contributed by atoms with Crippen molar-refractivity contribution in [1.82, 2.24) is 20.9 Å². The molecule has 3 N–H and O–H groups in total. The Balaban J connectivity index is 1.42. The quantitative estimate of drug-likeness (QED) is 0.658. The number of fused-ring (bicyclic) bond motifs is 1. The Bertz CT molecular complexity index is 800. The van der Waals surface area contributed by atoms with Gasteiger partial charge in [-0.2, -0.15) is 0 Å². The van der Waals surface area contributed by atoms with E-state index in [0.717, 1.165) is 30.5 Å². The Hall–Kier alpha value is -2.32. The van der Waals surface area contributed by atoms with Crippen molar-refractivity contribution < 1.29 is 18.8 Å². The van der Waals surface area contributed by atoms with Crippen molar-refractivity contribution >= 4 is 17.7 Å². The molecule has 7 nitrogen and oxygen atoms in total. The maximum absolute atomic E-state index is 14.2. The Labute approximate surface area is 163 Å². The standard InChI is InChI=1S/C20H25FN4O3/c21-15-10-22-7-1-2-16(15)23-9-12-3-4-14-13(8-12)11-25(20(14)28)17-5-6-18(26)24-19(17)27/h3-4,8,15-17,22-23H,1-2,5-7,9-11H2,(H,24,26,27). The van der Waals surface area contributed by atoms with E-state index >= 15 is 0 Å². The molecule has 8 heteroatoms. The number of alkyl halides is 1. The summed E-state index contributed by atoms with van der Waals surface area (Å²) in [4.78, 5) is 37.7. The van der Waals surface area contributed by atoms with Crippen molar-refractivity contribution in [2.24, 2.45) is 0 Å². The van der Waals surface area contributed by atoms with Gasteiger partial charge in [0, 0.05) is 37.7 Å². The molecule has 2 saturated heterocycles. The first kappa shape index (κ1) is 19.0. The van der Waals surface area contributed by atoms with E-state index in [1.54, 1.807) is 6.07 Å². The molecule has 150 valence electrons. The van der Waals surface area contributed by atoms with Crippen molar-refractivity contribution in [2.75, 3.05) is 13.1 Å². The lowest BCUT2D eigenvalue weighted by molar-refractivity contribution is -0.136. The van der Waals surface area contributed by atoms with Crippen LogP contribution in [-0.4, -0.2) is 54.0 Å². The Kier molecular flexibility index (Phi) is 5.41. The predicted molar refractivity (Wildman–Crippen MR) is 100 cm³/mol. The summed E-state index contributed by atoms with van der Waals surface area (Å²) in [6.45, 7) is 2.10. The summed E-state index contributed by atoms with van der Waals surface area (Å²) in [5.41, 5.74) is 2.45. The van der Waals surface area contributed by atoms with Crippen LogP contribution in [-0.2, 0) is 22.7 Å². The van der Waals surface area contributed by atoms with Crippen LogP contribution in [0, 0.1) is 0 Å². The summed E-state index contributed by atoms with van der Waals surface area (Å²) in [6.07, 6.45) is 1.42. The molecule has 0 aliphatic carbocycles. The summed E-state index contributed by atoms with van der Waals surface area (Å²) < 4.78 is 14.2. The molecule has 2 fully saturated rings. The van der Waals surface area contributed by atoms with Crippen LogP contribution >= 0.6 is 0 Å². The summed E-state index contributed by atoms with van der Waals surface area (Å²) in [5.74, 6) is -0.878. The first-order valence-electron chi connectivity index (χ1n) is 9.87. The van der Waals surface area contributed by atoms with Gasteiger partial charge in [-0.05, 0) is 43.0 Å². The van der Waals surface area contributed by atoms with E-state index in [1.807, 2.05) is 12.1 Å². The average molecular weight is 388 g/mol. The fourth-order valence-electron chi connectivity index (χ4n) is 4.23. The minimum atomic E-state index is -0.915. The summed E-state index contributed by atoms with van der Waals surface area (Å²) in [5, 5.41) is 8.70. The molecule has 0 saturated carbocycles. The molecule has 3 aliphatic heterocycles. The number of hydrogen-bond acceptors (Lipinski definition) is 5. The molecule has 3 unspecified atom stereocenters. The normalized spacial score (nSPS) is 28.1. The molecular weight excluding hydrogens is 363 g/mol. The van der Waals surface area contributed by atoms with E-state index in [1.165, 1.54) is 4.90 Å². The van der Waals surface area contributed by atoms with Crippen molar-refractivity contribution in [1.29, 1.82) is 0 Å². The highest BCUT2D eigenvalue weighted by Crippen LogP contribution is 2.28. The lowest BCUT2D eigenvalue weighted by atomic mass is 10.0. The Morgan fingerprint density at radius 3 is 2.89 bits per heavy atom. The molecule has 0 radical (unpaired) electrons. The van der Waals surface area contributed by atoms with E-state index in [4.69, 9.17) is 0 Å². The lowest BCUT2D eigenvalue weighted by Crippen LogP contribution is -2.52. The monoisotopic (exact) mass is 388 g/mol. The number of nitrogens with zero attached hydrogens (tertiary/aromatic N) is 1. The maximum atomic E-state index is 14.2. The van der Waals surface area contributed by atoms with Gasteiger partial charge in [0.1, 0.15) is 12.2 Å². The van der Waals surface area contributed by atoms with Crippen LogP contribution in [0.3, 0.4) is 0 Å². The van der Waals surface area contributed by atoms with Gasteiger partial charge in [0.15, 0.2) is 0 Å². The third-order valence-electron chi connectivity index (χ3n) is 5.80. The van der Waals surface area contributed by atoms with Gasteiger partial charge in [0.25, 0.3) is 5.91 Å². The first-order chi connectivity index (χ1) is 13.5. The second-order valence-corrected chi connectivity index (χ2v) is 7.74. The summed E-state index contributed by atoms with van der Waals surface area (Å²) in [6, 6.07) is 4.82. The number of nitrogens with one attached hydrogen (secondary N) is 3. The average Bonchev–Trinajstić information content (AvgIpc) is 2.84. The van der Waals surface area contributed by atoms with Gasteiger partial charge in [-0.15, -0.1) is 0 Å². The van der Waals surface area contributed by atoms with Gasteiger partial charge < -0.3 is 15.5 Å². The Morgan fingerprint density at radius 2 is 2.07 bits per heavy atom. The zero-order valence-electron chi connectivity index (χ0n) is 15.7. The van der Waals surface area contributed by atoms with Crippen LogP contribution < -0.4 is 16.0 Å². The smallest absolute Gasteiger partial charge is 0.255 e. The van der Waals surface area contributed by atoms with E-state index < -0.39 is 18.1 Å². The van der Waals surface area contributed by atoms with Crippen molar-refractivity contribution in [2.45, 2.75) is 57.0 Å². The number of piperidine rings is 1. The SMILES string of the molecule is O=C1CCC(N2Cc3cc(CNC4CCCNCC4F)ccc3C2=O)C(=O)N1. The zero-order chi connectivity index (χ0) is 19.7. The molecule has 0 bridgehead atoms. The first-order valence-corrected chi connectivity index (χ1v) is 9.87. The molecule has 3 atom stereocenters. The topological polar surface area (TPSA) is 90.5 Å². The maximum Gasteiger partial charge on any atom is 0.255 e. The number of halogens is 1. The van der Waals surface area contributed by atoms with E-state index in [-0.39, 0.29) is 24.3 Å². The van der Waals surface area contributed by atoms with Gasteiger partial charge in [0.05, 0.1) is 0 Å². The number of carbonyl (C=O) groups is 3. The van der Waals surface area contributed by atoms with Gasteiger partial charge >= 0.3 is 0 Å². The van der Waals surface area contributed by atoms with E-state index in [2.05, 4.69) is 16.0 Å². The lowest BCUT2D eigenvalue weighted by Gasteiger charge is -2.29. The molecule has 1 aromatic rings. The molecule has 28 heavy (non-hydrogen) atoms. The molecule has 3 amide bonds. The van der Waals surface area contributed by atoms with Gasteiger partial charge in [-0.1, -0.05) is 12.1 Å². The minimum Gasteiger partial charge on any atom is -0.322 e. The number of imide groups is 1. The van der Waals surface area contributed by atoms with Crippen LogP contribution in [0.1, 0.15) is 47.2 Å². The summed E-state index contributed by atoms with van der Waals surface area (Å²) >= 11 is 0. The third-order valence-corrected chi connectivity index (χ3v) is 5.80. The van der Waals surface area contributed by atoms with Gasteiger partial charge in [0.2, 0.25) is 11.8 Å². The van der Waals surface area contributed by atoms with Gasteiger partial charge in [-0.3, -0.25) is 19.7 Å². The second kappa shape index (κ2) is 7.97. The van der Waals surface area contributed by atoms with Crippen molar-refractivity contribution in [3.63, 3.8) is 0 Å². The van der Waals surface area contributed by atoms with Crippen LogP contribution in [0.2, 0.25) is 0 Å². The number of amides is 3. The fourth-order valence-corrected chi connectivity index (χ4v) is 4.23. The molecule has 0 aromatic heterocycles. The largest absolute Gasteiger partial charge is 0.322 e. The predicted octanol–water partition coefficient (Wildman–Crippen LogP) is 0.627. The van der Waals surface area contributed by atoms with Crippen molar-refractivity contribution in [3.8, 4) is 0 Å².